The second-order valence-electron chi connectivity index (χ2n) is 10.8. The minimum absolute atomic E-state index is 0.0571. The highest BCUT2D eigenvalue weighted by molar-refractivity contribution is 6.62. The first-order chi connectivity index (χ1) is 16.5. The Morgan fingerprint density at radius 3 is 2.54 bits per heavy atom. The van der Waals surface area contributed by atoms with Crippen molar-refractivity contribution in [2.45, 2.75) is 69.8 Å². The summed E-state index contributed by atoms with van der Waals surface area (Å²) in [5.41, 5.74) is 3.62. The van der Waals surface area contributed by atoms with Crippen molar-refractivity contribution in [1.82, 2.24) is 4.90 Å². The Morgan fingerprint density at radius 2 is 1.86 bits per heavy atom. The average molecular weight is 480 g/mol. The number of carbonyl (C=O) groups is 1. The second kappa shape index (κ2) is 7.37. The first-order valence-corrected chi connectivity index (χ1v) is 11.9. The fraction of sp³-hybridized carbons (Fsp3) is 0.462. The van der Waals surface area contributed by atoms with Gasteiger partial charge in [0.05, 0.1) is 22.9 Å². The van der Waals surface area contributed by atoms with Crippen LogP contribution < -0.4 is 10.2 Å². The highest BCUT2D eigenvalue weighted by Crippen LogP contribution is 2.56. The Labute approximate surface area is 203 Å². The number of amides is 1. The van der Waals surface area contributed by atoms with Crippen molar-refractivity contribution in [3.05, 3.63) is 53.1 Å². The third kappa shape index (κ3) is 3.20. The molecule has 1 unspecified atom stereocenters. The van der Waals surface area contributed by atoms with Crippen molar-refractivity contribution in [1.29, 1.82) is 0 Å². The van der Waals surface area contributed by atoms with Gasteiger partial charge in [0.15, 0.2) is 0 Å². The smallest absolute Gasteiger partial charge is 0.435 e. The van der Waals surface area contributed by atoms with Crippen molar-refractivity contribution in [3.8, 4) is 5.75 Å². The van der Waals surface area contributed by atoms with E-state index in [0.717, 1.165) is 22.4 Å². The molecular weight excluding hydrogens is 453 g/mol. The van der Waals surface area contributed by atoms with Gasteiger partial charge < -0.3 is 18.9 Å². The van der Waals surface area contributed by atoms with Gasteiger partial charge in [0.1, 0.15) is 5.75 Å². The first-order valence-electron chi connectivity index (χ1n) is 11.9. The Kier molecular flexibility index (Phi) is 4.77. The van der Waals surface area contributed by atoms with E-state index in [1.165, 1.54) is 6.07 Å². The molecule has 0 N–H and O–H groups in total. The number of halogens is 2. The molecule has 2 bridgehead atoms. The van der Waals surface area contributed by atoms with Crippen LogP contribution in [0.2, 0.25) is 0 Å². The predicted octanol–water partition coefficient (Wildman–Crippen LogP) is 4.40. The van der Waals surface area contributed by atoms with E-state index in [4.69, 9.17) is 19.0 Å². The summed E-state index contributed by atoms with van der Waals surface area (Å²) >= 11 is 0. The molecule has 9 heteroatoms. The van der Waals surface area contributed by atoms with Gasteiger partial charge in [-0.15, -0.1) is 0 Å². The number of nitrogens with zero attached hydrogens (tertiary/aromatic N) is 2. The molecule has 3 aliphatic heterocycles. The van der Waals surface area contributed by atoms with Crippen LogP contribution in [0.15, 0.2) is 41.4 Å². The monoisotopic (exact) mass is 480 g/mol. The van der Waals surface area contributed by atoms with Crippen LogP contribution >= 0.6 is 0 Å². The van der Waals surface area contributed by atoms with E-state index in [1.54, 1.807) is 24.1 Å². The molecule has 1 aliphatic carbocycles. The molecule has 0 aromatic heterocycles. The molecule has 182 valence electrons. The van der Waals surface area contributed by atoms with Gasteiger partial charge in [0.25, 0.3) is 5.91 Å². The summed E-state index contributed by atoms with van der Waals surface area (Å²) in [6.45, 7) is 5.08. The van der Waals surface area contributed by atoms with Gasteiger partial charge in [-0.3, -0.25) is 9.79 Å². The zero-order valence-electron chi connectivity index (χ0n) is 20.3. The summed E-state index contributed by atoms with van der Waals surface area (Å²) in [7, 11) is 1.23. The van der Waals surface area contributed by atoms with Gasteiger partial charge in [0.2, 0.25) is 0 Å². The van der Waals surface area contributed by atoms with Crippen molar-refractivity contribution in [2.75, 3.05) is 7.05 Å². The molecule has 4 aliphatic rings. The normalized spacial score (nSPS) is 27.5. The van der Waals surface area contributed by atoms with Crippen LogP contribution in [0, 0.1) is 0 Å². The van der Waals surface area contributed by atoms with Crippen molar-refractivity contribution < 1.29 is 27.6 Å². The fourth-order valence-corrected chi connectivity index (χ4v) is 5.90. The topological polar surface area (TPSA) is 60.4 Å². The minimum Gasteiger partial charge on any atom is -0.435 e. The Bertz CT molecular complexity index is 1260. The summed E-state index contributed by atoms with van der Waals surface area (Å²) in [6, 6.07) is 10.6. The van der Waals surface area contributed by atoms with Crippen LogP contribution in [0.4, 0.5) is 14.5 Å². The zero-order valence-corrected chi connectivity index (χ0v) is 20.3. The fourth-order valence-electron chi connectivity index (χ4n) is 5.90. The van der Waals surface area contributed by atoms with Crippen LogP contribution in [0.25, 0.3) is 0 Å². The highest BCUT2D eigenvalue weighted by atomic mass is 19.3. The first kappa shape index (κ1) is 22.7. The second-order valence-corrected chi connectivity index (χ2v) is 10.8. The predicted molar refractivity (Wildman–Crippen MR) is 128 cm³/mol. The van der Waals surface area contributed by atoms with E-state index in [0.29, 0.717) is 17.5 Å². The Hall–Kier alpha value is -2.78. The number of alkyl halides is 2. The molecular formula is C26H27BF2N2O4. The summed E-state index contributed by atoms with van der Waals surface area (Å²) in [5.74, 6) is -0.509. The van der Waals surface area contributed by atoms with E-state index in [1.807, 2.05) is 39.8 Å². The SMILES string of the molecule is CN1C(=O)c2cccc(OC(F)F)c2C2C[C@H]1C1=Nc3ccc(B4OC(C)(C)C(C)(C)O4)cc3[C@@H]12. The van der Waals surface area contributed by atoms with Crippen molar-refractivity contribution in [3.63, 3.8) is 0 Å². The molecule has 2 aromatic carbocycles. The number of benzene rings is 2. The molecule has 0 radical (unpaired) electrons. The van der Waals surface area contributed by atoms with Gasteiger partial charge in [-0.1, -0.05) is 18.2 Å². The lowest BCUT2D eigenvalue weighted by Crippen LogP contribution is -2.41. The quantitative estimate of drug-likeness (QED) is 0.612. The molecule has 6 rings (SSSR count). The maximum absolute atomic E-state index is 13.3. The van der Waals surface area contributed by atoms with E-state index >= 15 is 0 Å². The van der Waals surface area contributed by atoms with Crippen LogP contribution in [0.3, 0.4) is 0 Å². The van der Waals surface area contributed by atoms with Crippen LogP contribution in [0.5, 0.6) is 5.75 Å². The van der Waals surface area contributed by atoms with Gasteiger partial charge in [-0.05, 0) is 63.3 Å². The van der Waals surface area contributed by atoms with Crippen molar-refractivity contribution >= 4 is 29.9 Å². The maximum atomic E-state index is 13.3. The number of rotatable bonds is 3. The molecule has 1 amide bonds. The van der Waals surface area contributed by atoms with E-state index in [-0.39, 0.29) is 29.5 Å². The number of fused-ring (bicyclic) bond motifs is 9. The molecule has 3 heterocycles. The van der Waals surface area contributed by atoms with Gasteiger partial charge >= 0.3 is 13.7 Å². The van der Waals surface area contributed by atoms with Gasteiger partial charge in [0, 0.05) is 35.7 Å². The minimum atomic E-state index is -2.98. The van der Waals surface area contributed by atoms with Crippen LogP contribution in [-0.4, -0.2) is 54.5 Å². The van der Waals surface area contributed by atoms with E-state index < -0.39 is 24.9 Å². The number of carbonyl (C=O) groups excluding carboxylic acids is 1. The average Bonchev–Trinajstić information content (AvgIpc) is 3.37. The zero-order chi connectivity index (χ0) is 24.9. The molecule has 1 saturated carbocycles. The lowest BCUT2D eigenvalue weighted by atomic mass is 9.75. The highest BCUT2D eigenvalue weighted by Gasteiger charge is 2.54. The molecule has 2 aromatic rings. The molecule has 35 heavy (non-hydrogen) atoms. The van der Waals surface area contributed by atoms with Gasteiger partial charge in [-0.25, -0.2) is 0 Å². The summed E-state index contributed by atoms with van der Waals surface area (Å²) in [6.07, 6.45) is 0.600. The molecule has 0 spiro atoms. The van der Waals surface area contributed by atoms with Gasteiger partial charge in [-0.2, -0.15) is 8.78 Å². The molecule has 2 fully saturated rings. The largest absolute Gasteiger partial charge is 0.494 e. The third-order valence-electron chi connectivity index (χ3n) is 8.37. The summed E-state index contributed by atoms with van der Waals surface area (Å²) in [5, 5.41) is 0. The number of ether oxygens (including phenoxy) is 1. The van der Waals surface area contributed by atoms with E-state index in [2.05, 4.69) is 6.07 Å². The Balaban J connectivity index is 1.45. The standard InChI is InChI=1S/C26H27BF2N2O4/c1-25(2)26(3,4)35-27(34-25)13-9-10-17-15(11-13)21-16-12-18(22(21)30-17)31(5)23(32)14-7-6-8-19(20(14)16)33-24(28)29/h6-11,16,18,21,24H,12H2,1-5H3/t16?,18-,21+/m0/s1. The number of aliphatic imine (C=N–C) groups is 1. The maximum Gasteiger partial charge on any atom is 0.494 e. The van der Waals surface area contributed by atoms with Crippen LogP contribution in [0.1, 0.15) is 67.4 Å². The lowest BCUT2D eigenvalue weighted by molar-refractivity contribution is -0.0506. The molecule has 6 nitrogen and oxygen atoms in total. The number of hydrogen-bond donors (Lipinski definition) is 0. The van der Waals surface area contributed by atoms with E-state index in [9.17, 15) is 13.6 Å². The number of hydrogen-bond acceptors (Lipinski definition) is 5. The third-order valence-corrected chi connectivity index (χ3v) is 8.37. The van der Waals surface area contributed by atoms with Crippen LogP contribution in [-0.2, 0) is 9.31 Å². The lowest BCUT2D eigenvalue weighted by Gasteiger charge is -2.32. The van der Waals surface area contributed by atoms with Crippen molar-refractivity contribution in [2.24, 2.45) is 4.99 Å². The summed E-state index contributed by atoms with van der Waals surface area (Å²) < 4.78 is 44.0. The molecule has 3 atom stereocenters. The molecule has 1 saturated heterocycles. The Morgan fingerprint density at radius 1 is 1.14 bits per heavy atom. The summed E-state index contributed by atoms with van der Waals surface area (Å²) in [4.78, 5) is 19.9.